The van der Waals surface area contributed by atoms with Crippen molar-refractivity contribution >= 4 is 15.9 Å². The average Bonchev–Trinajstić information content (AvgIpc) is 2.37. The van der Waals surface area contributed by atoms with Gasteiger partial charge in [0.2, 0.25) is 5.88 Å². The zero-order valence-electron chi connectivity index (χ0n) is 10.7. The zero-order chi connectivity index (χ0) is 13.8. The second kappa shape index (κ2) is 6.12. The third kappa shape index (κ3) is 3.52. The Morgan fingerprint density at radius 3 is 2.79 bits per heavy atom. The monoisotopic (exact) mass is 324 g/mol. The lowest BCUT2D eigenvalue weighted by atomic mass is 10.2. The lowest BCUT2D eigenvalue weighted by molar-refractivity contribution is 0.456. The van der Waals surface area contributed by atoms with Crippen LogP contribution >= 0.6 is 15.9 Å². The van der Waals surface area contributed by atoms with Gasteiger partial charge < -0.3 is 10.1 Å². The maximum absolute atomic E-state index is 13.1. The van der Waals surface area contributed by atoms with Crippen LogP contribution in [0.4, 0.5) is 4.39 Å². The minimum Gasteiger partial charge on any atom is -0.439 e. The van der Waals surface area contributed by atoms with Crippen LogP contribution < -0.4 is 10.1 Å². The number of aryl methyl sites for hydroxylation is 1. The minimum absolute atomic E-state index is 0.318. The number of hydrogen-bond acceptors (Lipinski definition) is 3. The van der Waals surface area contributed by atoms with Gasteiger partial charge in [-0.25, -0.2) is 9.37 Å². The number of ether oxygens (including phenoxy) is 1. The summed E-state index contributed by atoms with van der Waals surface area (Å²) in [5.41, 5.74) is 2.03. The Hall–Kier alpha value is -1.46. The maximum atomic E-state index is 13.1. The van der Waals surface area contributed by atoms with Gasteiger partial charge in [0, 0.05) is 18.3 Å². The van der Waals surface area contributed by atoms with Crippen LogP contribution in [0.3, 0.4) is 0 Å². The summed E-state index contributed by atoms with van der Waals surface area (Å²) in [7, 11) is 1.88. The standard InChI is InChI=1S/C14H14BrFN2O/c1-9-5-10(7-17-2)8-18-14(9)19-11-3-4-13(16)12(15)6-11/h3-6,8,17H,7H2,1-2H3. The van der Waals surface area contributed by atoms with Crippen LogP contribution in [0.1, 0.15) is 11.1 Å². The zero-order valence-corrected chi connectivity index (χ0v) is 12.3. The van der Waals surface area contributed by atoms with E-state index in [-0.39, 0.29) is 5.82 Å². The molecule has 1 N–H and O–H groups in total. The van der Waals surface area contributed by atoms with Crippen molar-refractivity contribution in [1.29, 1.82) is 0 Å². The highest BCUT2D eigenvalue weighted by atomic mass is 79.9. The molecule has 0 bridgehead atoms. The molecule has 100 valence electrons. The van der Waals surface area contributed by atoms with Crippen molar-refractivity contribution in [1.82, 2.24) is 10.3 Å². The smallest absolute Gasteiger partial charge is 0.222 e. The first-order valence-corrected chi connectivity index (χ1v) is 6.62. The van der Waals surface area contributed by atoms with E-state index in [0.717, 1.165) is 17.7 Å². The van der Waals surface area contributed by atoms with E-state index < -0.39 is 0 Å². The van der Waals surface area contributed by atoms with E-state index in [0.29, 0.717) is 16.1 Å². The first-order valence-electron chi connectivity index (χ1n) is 5.83. The lowest BCUT2D eigenvalue weighted by Gasteiger charge is -2.09. The molecule has 0 aliphatic heterocycles. The molecule has 0 aliphatic carbocycles. The molecule has 0 amide bonds. The van der Waals surface area contributed by atoms with E-state index in [1.54, 1.807) is 18.3 Å². The predicted octanol–water partition coefficient (Wildman–Crippen LogP) is 3.80. The average molecular weight is 325 g/mol. The van der Waals surface area contributed by atoms with E-state index in [1.807, 2.05) is 20.0 Å². The highest BCUT2D eigenvalue weighted by Gasteiger charge is 2.06. The summed E-state index contributed by atoms with van der Waals surface area (Å²) < 4.78 is 19.1. The van der Waals surface area contributed by atoms with Crippen LogP contribution in [0, 0.1) is 12.7 Å². The summed E-state index contributed by atoms with van der Waals surface area (Å²) in [5, 5.41) is 3.07. The normalized spacial score (nSPS) is 10.5. The summed E-state index contributed by atoms with van der Waals surface area (Å²) in [6.45, 7) is 2.69. The second-order valence-electron chi connectivity index (χ2n) is 4.17. The molecule has 2 rings (SSSR count). The summed E-state index contributed by atoms with van der Waals surface area (Å²) in [6.07, 6.45) is 1.76. The first kappa shape index (κ1) is 14.0. The number of aromatic nitrogens is 1. The maximum Gasteiger partial charge on any atom is 0.222 e. The van der Waals surface area contributed by atoms with Crippen molar-refractivity contribution in [3.05, 3.63) is 51.9 Å². The Balaban J connectivity index is 2.20. The summed E-state index contributed by atoms with van der Waals surface area (Å²) in [6, 6.07) is 6.52. The van der Waals surface area contributed by atoms with Gasteiger partial charge in [0.05, 0.1) is 4.47 Å². The highest BCUT2D eigenvalue weighted by Crippen LogP contribution is 2.27. The molecule has 19 heavy (non-hydrogen) atoms. The van der Waals surface area contributed by atoms with Crippen molar-refractivity contribution in [2.45, 2.75) is 13.5 Å². The number of benzene rings is 1. The Bertz CT molecular complexity index is 590. The van der Waals surface area contributed by atoms with Gasteiger partial charge in [0.1, 0.15) is 11.6 Å². The number of nitrogens with one attached hydrogen (secondary N) is 1. The molecule has 0 atom stereocenters. The van der Waals surface area contributed by atoms with Crippen LogP contribution in [0.15, 0.2) is 34.9 Å². The number of hydrogen-bond donors (Lipinski definition) is 1. The molecular weight excluding hydrogens is 311 g/mol. The molecule has 0 aliphatic rings. The van der Waals surface area contributed by atoms with Gasteiger partial charge >= 0.3 is 0 Å². The van der Waals surface area contributed by atoms with Crippen molar-refractivity contribution < 1.29 is 9.13 Å². The van der Waals surface area contributed by atoms with Crippen molar-refractivity contribution in [3.8, 4) is 11.6 Å². The lowest BCUT2D eigenvalue weighted by Crippen LogP contribution is -2.06. The molecule has 0 radical (unpaired) electrons. The SMILES string of the molecule is CNCc1cnc(Oc2ccc(F)c(Br)c2)c(C)c1. The number of rotatable bonds is 4. The van der Waals surface area contributed by atoms with Crippen molar-refractivity contribution in [2.24, 2.45) is 0 Å². The Morgan fingerprint density at radius 1 is 1.37 bits per heavy atom. The molecule has 0 spiro atoms. The summed E-state index contributed by atoms with van der Waals surface area (Å²) >= 11 is 3.13. The van der Waals surface area contributed by atoms with Crippen LogP contribution in [-0.4, -0.2) is 12.0 Å². The van der Waals surface area contributed by atoms with E-state index in [2.05, 4.69) is 26.2 Å². The van der Waals surface area contributed by atoms with Gasteiger partial charge in [-0.1, -0.05) is 0 Å². The number of nitrogens with zero attached hydrogens (tertiary/aromatic N) is 1. The number of halogens is 2. The van der Waals surface area contributed by atoms with E-state index >= 15 is 0 Å². The fourth-order valence-corrected chi connectivity index (χ4v) is 2.04. The Kier molecular flexibility index (Phi) is 4.50. The van der Waals surface area contributed by atoms with Gasteiger partial charge in [-0.15, -0.1) is 0 Å². The third-order valence-electron chi connectivity index (χ3n) is 2.57. The molecule has 1 aromatic carbocycles. The quantitative estimate of drug-likeness (QED) is 0.928. The first-order chi connectivity index (χ1) is 9.10. The van der Waals surface area contributed by atoms with Crippen LogP contribution in [0.5, 0.6) is 11.6 Å². The predicted molar refractivity (Wildman–Crippen MR) is 75.9 cm³/mol. The summed E-state index contributed by atoms with van der Waals surface area (Å²) in [4.78, 5) is 4.27. The van der Waals surface area contributed by atoms with Gasteiger partial charge in [-0.2, -0.15) is 0 Å². The van der Waals surface area contributed by atoms with Gasteiger partial charge in [0.25, 0.3) is 0 Å². The number of pyridine rings is 1. The van der Waals surface area contributed by atoms with E-state index in [1.165, 1.54) is 6.07 Å². The fraction of sp³-hybridized carbons (Fsp3) is 0.214. The molecule has 0 fully saturated rings. The minimum atomic E-state index is -0.318. The fourth-order valence-electron chi connectivity index (χ4n) is 1.68. The van der Waals surface area contributed by atoms with Crippen LogP contribution in [-0.2, 0) is 6.54 Å². The second-order valence-corrected chi connectivity index (χ2v) is 5.03. The van der Waals surface area contributed by atoms with Crippen LogP contribution in [0.2, 0.25) is 0 Å². The molecule has 2 aromatic rings. The molecule has 0 saturated carbocycles. The van der Waals surface area contributed by atoms with E-state index in [4.69, 9.17) is 4.74 Å². The van der Waals surface area contributed by atoms with Gasteiger partial charge in [0.15, 0.2) is 0 Å². The Morgan fingerprint density at radius 2 is 2.16 bits per heavy atom. The van der Waals surface area contributed by atoms with Gasteiger partial charge in [-0.05, 0) is 59.7 Å². The molecule has 0 unspecified atom stereocenters. The van der Waals surface area contributed by atoms with Crippen molar-refractivity contribution in [2.75, 3.05) is 7.05 Å². The molecule has 1 aromatic heterocycles. The van der Waals surface area contributed by atoms with Crippen LogP contribution in [0.25, 0.3) is 0 Å². The Labute approximate surface area is 119 Å². The molecule has 0 saturated heterocycles. The molecule has 3 nitrogen and oxygen atoms in total. The largest absolute Gasteiger partial charge is 0.439 e. The molecule has 5 heteroatoms. The summed E-state index contributed by atoms with van der Waals surface area (Å²) in [5.74, 6) is 0.755. The van der Waals surface area contributed by atoms with Crippen molar-refractivity contribution in [3.63, 3.8) is 0 Å². The van der Waals surface area contributed by atoms with Gasteiger partial charge in [-0.3, -0.25) is 0 Å². The topological polar surface area (TPSA) is 34.2 Å². The molecule has 1 heterocycles. The third-order valence-corrected chi connectivity index (χ3v) is 3.18. The van der Waals surface area contributed by atoms with E-state index in [9.17, 15) is 4.39 Å². The highest BCUT2D eigenvalue weighted by molar-refractivity contribution is 9.10. The molecular formula is C14H14BrFN2O.